The third-order valence-electron chi connectivity index (χ3n) is 3.57. The Hall–Kier alpha value is -1.75. The van der Waals surface area contributed by atoms with Gasteiger partial charge in [-0.05, 0) is 31.0 Å². The van der Waals surface area contributed by atoms with E-state index in [9.17, 15) is 14.7 Å². The summed E-state index contributed by atoms with van der Waals surface area (Å²) in [5, 5.41) is 9.80. The molecule has 1 atom stereocenters. The van der Waals surface area contributed by atoms with Gasteiger partial charge in [0.05, 0.1) is 11.3 Å². The molecular formula is C14H17ClN2O3. The van der Waals surface area contributed by atoms with Crippen LogP contribution in [-0.4, -0.2) is 29.6 Å². The van der Waals surface area contributed by atoms with Gasteiger partial charge >= 0.3 is 5.97 Å². The number of carboxylic acids is 1. The number of amides is 1. The molecule has 0 bridgehead atoms. The summed E-state index contributed by atoms with van der Waals surface area (Å²) in [6.07, 6.45) is 3.31. The molecule has 0 aliphatic carbocycles. The molecule has 1 aromatic carbocycles. The van der Waals surface area contributed by atoms with Gasteiger partial charge in [-0.15, -0.1) is 0 Å². The lowest BCUT2D eigenvalue weighted by molar-refractivity contribution is -0.138. The van der Waals surface area contributed by atoms with E-state index in [-0.39, 0.29) is 5.56 Å². The summed E-state index contributed by atoms with van der Waals surface area (Å²) in [7, 11) is 0. The van der Waals surface area contributed by atoms with Crippen molar-refractivity contribution < 1.29 is 14.7 Å². The molecule has 1 heterocycles. The minimum Gasteiger partial charge on any atom is -0.480 e. The van der Waals surface area contributed by atoms with E-state index in [4.69, 9.17) is 17.3 Å². The fraction of sp³-hybridized carbons (Fsp3) is 0.429. The SMILES string of the molecule is NC(=O)c1cc(Cl)ccc1N1CCCCCC1C(=O)O. The van der Waals surface area contributed by atoms with Crippen molar-refractivity contribution in [1.29, 1.82) is 0 Å². The maximum absolute atomic E-state index is 11.6. The summed E-state index contributed by atoms with van der Waals surface area (Å²) in [6, 6.07) is 4.18. The Bertz CT molecular complexity index is 533. The molecule has 1 aromatic rings. The molecule has 0 spiro atoms. The van der Waals surface area contributed by atoms with Crippen molar-refractivity contribution >= 4 is 29.2 Å². The van der Waals surface area contributed by atoms with Crippen molar-refractivity contribution in [2.24, 2.45) is 5.73 Å². The van der Waals surface area contributed by atoms with Gasteiger partial charge in [0.1, 0.15) is 6.04 Å². The Kier molecular flexibility index (Phi) is 4.49. The summed E-state index contributed by atoms with van der Waals surface area (Å²) in [6.45, 7) is 0.596. The number of nitrogens with two attached hydrogens (primary N) is 1. The smallest absolute Gasteiger partial charge is 0.326 e. The van der Waals surface area contributed by atoms with Crippen molar-refractivity contribution in [3.05, 3.63) is 28.8 Å². The molecule has 0 saturated carbocycles. The van der Waals surface area contributed by atoms with Gasteiger partial charge in [-0.2, -0.15) is 0 Å². The van der Waals surface area contributed by atoms with Crippen LogP contribution in [-0.2, 0) is 4.79 Å². The summed E-state index contributed by atoms with van der Waals surface area (Å²) in [4.78, 5) is 24.8. The van der Waals surface area contributed by atoms with Crippen molar-refractivity contribution in [2.75, 3.05) is 11.4 Å². The predicted octanol–water partition coefficient (Wildman–Crippen LogP) is 2.27. The lowest BCUT2D eigenvalue weighted by atomic mass is 10.1. The topological polar surface area (TPSA) is 83.6 Å². The monoisotopic (exact) mass is 296 g/mol. The molecule has 1 amide bonds. The summed E-state index contributed by atoms with van der Waals surface area (Å²) in [5.74, 6) is -1.48. The van der Waals surface area contributed by atoms with Crippen LogP contribution in [0.4, 0.5) is 5.69 Å². The highest BCUT2D eigenvalue weighted by Gasteiger charge is 2.29. The van der Waals surface area contributed by atoms with Gasteiger partial charge in [-0.25, -0.2) is 4.79 Å². The first-order valence-electron chi connectivity index (χ1n) is 6.59. The summed E-state index contributed by atoms with van der Waals surface area (Å²) >= 11 is 5.89. The summed E-state index contributed by atoms with van der Waals surface area (Å²) < 4.78 is 0. The fourth-order valence-corrected chi connectivity index (χ4v) is 2.78. The van der Waals surface area contributed by atoms with E-state index in [0.717, 1.165) is 19.3 Å². The highest BCUT2D eigenvalue weighted by atomic mass is 35.5. The molecular weight excluding hydrogens is 280 g/mol. The Morgan fingerprint density at radius 3 is 2.70 bits per heavy atom. The molecule has 1 saturated heterocycles. The number of hydrogen-bond donors (Lipinski definition) is 2. The average Bonchev–Trinajstić information content (AvgIpc) is 2.64. The van der Waals surface area contributed by atoms with Crippen LogP contribution in [0.1, 0.15) is 36.0 Å². The van der Waals surface area contributed by atoms with E-state index in [1.807, 2.05) is 0 Å². The van der Waals surface area contributed by atoms with Gasteiger partial charge in [0, 0.05) is 11.6 Å². The molecule has 1 fully saturated rings. The van der Waals surface area contributed by atoms with Gasteiger partial charge in [-0.1, -0.05) is 24.4 Å². The lowest BCUT2D eigenvalue weighted by Crippen LogP contribution is -2.41. The molecule has 1 aliphatic rings. The van der Waals surface area contributed by atoms with Gasteiger partial charge in [0.25, 0.3) is 5.91 Å². The highest BCUT2D eigenvalue weighted by molar-refractivity contribution is 6.31. The number of halogens is 1. The number of nitrogens with zero attached hydrogens (tertiary/aromatic N) is 1. The number of carbonyl (C=O) groups excluding carboxylic acids is 1. The molecule has 2 rings (SSSR count). The first-order chi connectivity index (χ1) is 9.50. The number of aliphatic carboxylic acids is 1. The van der Waals surface area contributed by atoms with Crippen LogP contribution >= 0.6 is 11.6 Å². The van der Waals surface area contributed by atoms with E-state index >= 15 is 0 Å². The Morgan fingerprint density at radius 1 is 1.30 bits per heavy atom. The molecule has 3 N–H and O–H groups in total. The number of hydrogen-bond acceptors (Lipinski definition) is 3. The number of primary amides is 1. The molecule has 108 valence electrons. The van der Waals surface area contributed by atoms with E-state index < -0.39 is 17.9 Å². The Balaban J connectivity index is 2.46. The number of benzene rings is 1. The van der Waals surface area contributed by atoms with Crippen LogP contribution < -0.4 is 10.6 Å². The van der Waals surface area contributed by atoms with Crippen molar-refractivity contribution in [1.82, 2.24) is 0 Å². The zero-order chi connectivity index (χ0) is 14.7. The van der Waals surface area contributed by atoms with Crippen molar-refractivity contribution in [3.8, 4) is 0 Å². The second-order valence-electron chi connectivity index (χ2n) is 4.92. The zero-order valence-corrected chi connectivity index (χ0v) is 11.8. The van der Waals surface area contributed by atoms with E-state index in [2.05, 4.69) is 0 Å². The highest BCUT2D eigenvalue weighted by Crippen LogP contribution is 2.29. The van der Waals surface area contributed by atoms with E-state index in [1.54, 1.807) is 17.0 Å². The standard InChI is InChI=1S/C14H17ClN2O3/c15-9-5-6-11(10(8-9)13(16)18)17-7-3-1-2-4-12(17)14(19)20/h5-6,8,12H,1-4,7H2,(H2,16,18)(H,19,20). The molecule has 0 radical (unpaired) electrons. The quantitative estimate of drug-likeness (QED) is 0.896. The Labute approximate surface area is 122 Å². The zero-order valence-electron chi connectivity index (χ0n) is 11.0. The largest absolute Gasteiger partial charge is 0.480 e. The number of anilines is 1. The third-order valence-corrected chi connectivity index (χ3v) is 3.81. The molecule has 1 unspecified atom stereocenters. The van der Waals surface area contributed by atoms with E-state index in [1.165, 1.54) is 6.07 Å². The third kappa shape index (κ3) is 3.04. The summed E-state index contributed by atoms with van der Waals surface area (Å²) in [5.41, 5.74) is 6.20. The number of rotatable bonds is 3. The normalized spacial score (nSPS) is 19.4. The molecule has 1 aliphatic heterocycles. The molecule has 20 heavy (non-hydrogen) atoms. The first-order valence-corrected chi connectivity index (χ1v) is 6.97. The number of carboxylic acid groups (broad SMARTS) is 1. The number of carbonyl (C=O) groups is 2. The fourth-order valence-electron chi connectivity index (χ4n) is 2.61. The van der Waals surface area contributed by atoms with Crippen LogP contribution in [0, 0.1) is 0 Å². The van der Waals surface area contributed by atoms with Gasteiger partial charge < -0.3 is 15.7 Å². The minimum atomic E-state index is -0.878. The van der Waals surface area contributed by atoms with Crippen LogP contribution in [0.5, 0.6) is 0 Å². The van der Waals surface area contributed by atoms with Gasteiger partial charge in [0.15, 0.2) is 0 Å². The maximum atomic E-state index is 11.6. The maximum Gasteiger partial charge on any atom is 0.326 e. The van der Waals surface area contributed by atoms with Gasteiger partial charge in [0.2, 0.25) is 0 Å². The lowest BCUT2D eigenvalue weighted by Gasteiger charge is -2.30. The minimum absolute atomic E-state index is 0.269. The predicted molar refractivity (Wildman–Crippen MR) is 77.2 cm³/mol. The van der Waals surface area contributed by atoms with Crippen molar-refractivity contribution in [2.45, 2.75) is 31.7 Å². The average molecular weight is 297 g/mol. The van der Waals surface area contributed by atoms with Crippen LogP contribution in [0.25, 0.3) is 0 Å². The molecule has 5 nitrogen and oxygen atoms in total. The van der Waals surface area contributed by atoms with Crippen molar-refractivity contribution in [3.63, 3.8) is 0 Å². The second kappa shape index (κ2) is 6.13. The molecule has 6 heteroatoms. The Morgan fingerprint density at radius 2 is 2.05 bits per heavy atom. The van der Waals surface area contributed by atoms with Gasteiger partial charge in [-0.3, -0.25) is 4.79 Å². The second-order valence-corrected chi connectivity index (χ2v) is 5.36. The first kappa shape index (κ1) is 14.7. The van der Waals surface area contributed by atoms with E-state index in [0.29, 0.717) is 23.7 Å². The van der Waals surface area contributed by atoms with Crippen LogP contribution in [0.2, 0.25) is 5.02 Å². The molecule has 0 aromatic heterocycles. The van der Waals surface area contributed by atoms with Crippen LogP contribution in [0.3, 0.4) is 0 Å². The van der Waals surface area contributed by atoms with Crippen LogP contribution in [0.15, 0.2) is 18.2 Å².